The Hall–Kier alpha value is -2.17. The summed E-state index contributed by atoms with van der Waals surface area (Å²) in [5.74, 6) is -4.13. The van der Waals surface area contributed by atoms with Crippen LogP contribution in [0.1, 0.15) is 0 Å². The van der Waals surface area contributed by atoms with Gasteiger partial charge in [0.05, 0.1) is 0 Å². The molecule has 0 saturated carbocycles. The lowest BCUT2D eigenvalue weighted by Gasteiger charge is -2.21. The predicted octanol–water partition coefficient (Wildman–Crippen LogP) is 4.00. The van der Waals surface area contributed by atoms with E-state index in [-0.39, 0.29) is 11.5 Å². The summed E-state index contributed by atoms with van der Waals surface area (Å²) >= 11 is 0. The van der Waals surface area contributed by atoms with Gasteiger partial charge in [-0.2, -0.15) is 4.39 Å². The van der Waals surface area contributed by atoms with Crippen LogP contribution in [0.2, 0.25) is 0 Å². The quantitative estimate of drug-likeness (QED) is 0.551. The van der Waals surface area contributed by atoms with Crippen LogP contribution in [0.3, 0.4) is 0 Å². The number of hydrogen-bond donors (Lipinski definition) is 0. The van der Waals surface area contributed by atoms with Gasteiger partial charge >= 0.3 is 0 Å². The minimum Gasteiger partial charge on any atom is -0.446 e. The average Bonchev–Trinajstić information content (AvgIpc) is 2.34. The maximum atomic E-state index is 13.4. The van der Waals surface area contributed by atoms with E-state index in [2.05, 4.69) is 0 Å². The largest absolute Gasteiger partial charge is 0.446 e. The molecular formula is C12H5F3O2. The summed E-state index contributed by atoms with van der Waals surface area (Å²) in [5.41, 5.74) is 0. The van der Waals surface area contributed by atoms with Crippen LogP contribution in [0.5, 0.6) is 23.0 Å². The normalized spacial score (nSPS) is 12.2. The van der Waals surface area contributed by atoms with Crippen LogP contribution >= 0.6 is 0 Å². The Balaban J connectivity index is 2.21. The minimum absolute atomic E-state index is 0.212. The minimum atomic E-state index is -1.32. The SMILES string of the molecule is Fc1cc(F)c2c(c1F)Oc1ccccc1O2. The molecule has 0 saturated heterocycles. The second-order valence-electron chi connectivity index (χ2n) is 3.46. The zero-order chi connectivity index (χ0) is 12.0. The Morgan fingerprint density at radius 1 is 0.765 bits per heavy atom. The number of ether oxygens (including phenoxy) is 2. The zero-order valence-electron chi connectivity index (χ0n) is 8.34. The molecule has 2 nitrogen and oxygen atoms in total. The number of benzene rings is 2. The second-order valence-corrected chi connectivity index (χ2v) is 3.46. The standard InChI is InChI=1S/C12H5F3O2/c13-6-5-7(14)11-12(10(6)15)17-9-4-2-1-3-8(9)16-11/h1-5H. The van der Waals surface area contributed by atoms with Crippen LogP contribution in [0.15, 0.2) is 30.3 Å². The van der Waals surface area contributed by atoms with Crippen LogP contribution in [0, 0.1) is 17.5 Å². The van der Waals surface area contributed by atoms with Crippen molar-refractivity contribution in [1.82, 2.24) is 0 Å². The molecule has 0 unspecified atom stereocenters. The summed E-state index contributed by atoms with van der Waals surface area (Å²) in [4.78, 5) is 0. The molecule has 0 spiro atoms. The molecule has 17 heavy (non-hydrogen) atoms. The fourth-order valence-corrected chi connectivity index (χ4v) is 1.58. The highest BCUT2D eigenvalue weighted by atomic mass is 19.2. The summed E-state index contributed by atoms with van der Waals surface area (Å²) in [5, 5.41) is 0. The van der Waals surface area contributed by atoms with E-state index in [0.717, 1.165) is 0 Å². The fraction of sp³-hybridized carbons (Fsp3) is 0. The third kappa shape index (κ3) is 1.43. The molecule has 1 aliphatic rings. The number of hydrogen-bond acceptors (Lipinski definition) is 2. The number of rotatable bonds is 0. The van der Waals surface area contributed by atoms with Gasteiger partial charge in [0.2, 0.25) is 17.3 Å². The third-order valence-corrected chi connectivity index (χ3v) is 2.36. The molecule has 0 aromatic heterocycles. The Labute approximate surface area is 94.2 Å². The fourth-order valence-electron chi connectivity index (χ4n) is 1.58. The van der Waals surface area contributed by atoms with Gasteiger partial charge in [0.25, 0.3) is 0 Å². The van der Waals surface area contributed by atoms with Crippen molar-refractivity contribution in [2.24, 2.45) is 0 Å². The lowest BCUT2D eigenvalue weighted by atomic mass is 10.2. The highest BCUT2D eigenvalue weighted by Crippen LogP contribution is 2.47. The van der Waals surface area contributed by atoms with Crippen molar-refractivity contribution in [3.05, 3.63) is 47.8 Å². The highest BCUT2D eigenvalue weighted by Gasteiger charge is 2.27. The van der Waals surface area contributed by atoms with Gasteiger partial charge < -0.3 is 9.47 Å². The summed E-state index contributed by atoms with van der Waals surface area (Å²) < 4.78 is 50.0. The predicted molar refractivity (Wildman–Crippen MR) is 52.9 cm³/mol. The molecule has 0 atom stereocenters. The third-order valence-electron chi connectivity index (χ3n) is 2.36. The first kappa shape index (κ1) is 10.0. The number of fused-ring (bicyclic) bond motifs is 2. The molecule has 3 rings (SSSR count). The van der Waals surface area contributed by atoms with Gasteiger partial charge in [-0.25, -0.2) is 8.78 Å². The van der Waals surface area contributed by atoms with E-state index in [0.29, 0.717) is 6.07 Å². The molecular weight excluding hydrogens is 233 g/mol. The molecule has 0 aliphatic carbocycles. The number of halogens is 3. The maximum absolute atomic E-state index is 13.4. The van der Waals surface area contributed by atoms with E-state index in [9.17, 15) is 13.2 Å². The van der Waals surface area contributed by atoms with Gasteiger partial charge in [0.15, 0.2) is 23.1 Å². The van der Waals surface area contributed by atoms with Gasteiger partial charge in [-0.05, 0) is 12.1 Å². The van der Waals surface area contributed by atoms with Crippen molar-refractivity contribution in [3.8, 4) is 23.0 Å². The molecule has 5 heteroatoms. The molecule has 0 radical (unpaired) electrons. The first-order valence-electron chi connectivity index (χ1n) is 4.79. The summed E-state index contributed by atoms with van der Waals surface area (Å²) in [7, 11) is 0. The maximum Gasteiger partial charge on any atom is 0.211 e. The first-order valence-corrected chi connectivity index (χ1v) is 4.79. The van der Waals surface area contributed by atoms with Crippen LogP contribution in [-0.4, -0.2) is 0 Å². The Kier molecular flexibility index (Phi) is 2.01. The van der Waals surface area contributed by atoms with Crippen LogP contribution in [0.4, 0.5) is 13.2 Å². The van der Waals surface area contributed by atoms with Crippen molar-refractivity contribution in [2.45, 2.75) is 0 Å². The van der Waals surface area contributed by atoms with Crippen LogP contribution in [0.25, 0.3) is 0 Å². The van der Waals surface area contributed by atoms with E-state index in [4.69, 9.17) is 9.47 Å². The van der Waals surface area contributed by atoms with Gasteiger partial charge in [-0.1, -0.05) is 12.1 Å². The summed E-state index contributed by atoms with van der Waals surface area (Å²) in [6, 6.07) is 6.77. The molecule has 0 N–H and O–H groups in total. The molecule has 2 aromatic carbocycles. The molecule has 86 valence electrons. The van der Waals surface area contributed by atoms with Crippen molar-refractivity contribution in [2.75, 3.05) is 0 Å². The summed E-state index contributed by atoms with van der Waals surface area (Å²) in [6.45, 7) is 0. The van der Waals surface area contributed by atoms with E-state index in [1.807, 2.05) is 0 Å². The van der Waals surface area contributed by atoms with E-state index in [1.54, 1.807) is 18.2 Å². The molecule has 0 bridgehead atoms. The van der Waals surface area contributed by atoms with Gasteiger partial charge in [0.1, 0.15) is 0 Å². The Bertz CT molecular complexity index is 611. The van der Waals surface area contributed by atoms with Crippen LogP contribution in [-0.2, 0) is 0 Å². The molecule has 0 amide bonds. The lowest BCUT2D eigenvalue weighted by Crippen LogP contribution is -2.04. The number of para-hydroxylation sites is 2. The lowest BCUT2D eigenvalue weighted by molar-refractivity contribution is 0.316. The smallest absolute Gasteiger partial charge is 0.211 e. The molecule has 1 heterocycles. The average molecular weight is 238 g/mol. The van der Waals surface area contributed by atoms with Gasteiger partial charge in [0, 0.05) is 6.07 Å². The van der Waals surface area contributed by atoms with Crippen molar-refractivity contribution >= 4 is 0 Å². The Morgan fingerprint density at radius 2 is 1.35 bits per heavy atom. The van der Waals surface area contributed by atoms with E-state index in [1.165, 1.54) is 6.07 Å². The first-order chi connectivity index (χ1) is 8.16. The van der Waals surface area contributed by atoms with Crippen molar-refractivity contribution in [1.29, 1.82) is 0 Å². The molecule has 1 aliphatic heterocycles. The Morgan fingerprint density at radius 3 is 2.00 bits per heavy atom. The second kappa shape index (κ2) is 3.41. The molecule has 0 fully saturated rings. The van der Waals surface area contributed by atoms with Crippen molar-refractivity contribution in [3.63, 3.8) is 0 Å². The van der Waals surface area contributed by atoms with Gasteiger partial charge in [-0.15, -0.1) is 0 Å². The zero-order valence-corrected chi connectivity index (χ0v) is 8.34. The van der Waals surface area contributed by atoms with E-state index >= 15 is 0 Å². The summed E-state index contributed by atoms with van der Waals surface area (Å²) in [6.07, 6.45) is 0. The van der Waals surface area contributed by atoms with Crippen LogP contribution < -0.4 is 9.47 Å². The van der Waals surface area contributed by atoms with E-state index < -0.39 is 29.0 Å². The molecule has 2 aromatic rings. The van der Waals surface area contributed by atoms with Crippen molar-refractivity contribution < 1.29 is 22.6 Å². The highest BCUT2D eigenvalue weighted by molar-refractivity contribution is 5.55. The van der Waals surface area contributed by atoms with Gasteiger partial charge in [-0.3, -0.25) is 0 Å². The topological polar surface area (TPSA) is 18.5 Å². The monoisotopic (exact) mass is 238 g/mol.